The first kappa shape index (κ1) is 17.0. The van der Waals surface area contributed by atoms with Gasteiger partial charge in [0.2, 0.25) is 0 Å². The zero-order chi connectivity index (χ0) is 15.8. The number of nitrogens with zero attached hydrogens (tertiary/aromatic N) is 1. The molecular weight excluding hydrogens is 276 g/mol. The van der Waals surface area contributed by atoms with Gasteiger partial charge in [-0.15, -0.1) is 11.3 Å². The highest BCUT2D eigenvalue weighted by Crippen LogP contribution is 2.44. The average molecular weight is 309 g/mol. The predicted molar refractivity (Wildman–Crippen MR) is 92.9 cm³/mol. The van der Waals surface area contributed by atoms with Crippen LogP contribution in [0.2, 0.25) is 0 Å². The minimum Gasteiger partial charge on any atom is -0.303 e. The Labute approximate surface area is 134 Å². The van der Waals surface area contributed by atoms with Crippen molar-refractivity contribution in [1.29, 1.82) is 0 Å². The third-order valence-electron chi connectivity index (χ3n) is 4.45. The van der Waals surface area contributed by atoms with E-state index in [1.54, 1.807) is 0 Å². The quantitative estimate of drug-likeness (QED) is 0.841. The second-order valence-electron chi connectivity index (χ2n) is 8.52. The van der Waals surface area contributed by atoms with E-state index in [1.165, 1.54) is 30.0 Å². The third kappa shape index (κ3) is 3.87. The molecule has 2 nitrogen and oxygen atoms in total. The molecule has 1 heterocycles. The van der Waals surface area contributed by atoms with E-state index in [0.717, 1.165) is 11.8 Å². The number of thiazole rings is 1. The summed E-state index contributed by atoms with van der Waals surface area (Å²) >= 11 is 1.85. The Balaban J connectivity index is 2.38. The SMILES string of the molecule is CC1CC(C)CC(NC(C)C)(c2nc(C(C)(C)C)cs2)C1. The lowest BCUT2D eigenvalue weighted by molar-refractivity contribution is 0.133. The Kier molecular flexibility index (Phi) is 4.84. The van der Waals surface area contributed by atoms with E-state index in [2.05, 4.69) is 59.2 Å². The maximum Gasteiger partial charge on any atom is 0.113 e. The van der Waals surface area contributed by atoms with Crippen molar-refractivity contribution in [3.05, 3.63) is 16.1 Å². The van der Waals surface area contributed by atoms with Crippen molar-refractivity contribution in [1.82, 2.24) is 10.3 Å². The van der Waals surface area contributed by atoms with Gasteiger partial charge in [-0.25, -0.2) is 4.98 Å². The molecule has 0 saturated heterocycles. The van der Waals surface area contributed by atoms with Crippen LogP contribution in [0.3, 0.4) is 0 Å². The van der Waals surface area contributed by atoms with Crippen molar-refractivity contribution in [2.24, 2.45) is 11.8 Å². The maximum atomic E-state index is 5.06. The molecule has 1 saturated carbocycles. The van der Waals surface area contributed by atoms with E-state index in [9.17, 15) is 0 Å². The molecule has 1 aromatic rings. The summed E-state index contributed by atoms with van der Waals surface area (Å²) in [5.74, 6) is 1.53. The van der Waals surface area contributed by atoms with Gasteiger partial charge in [0.25, 0.3) is 0 Å². The minimum atomic E-state index is 0.0828. The van der Waals surface area contributed by atoms with Gasteiger partial charge in [0.05, 0.1) is 11.2 Å². The average Bonchev–Trinajstić information content (AvgIpc) is 2.74. The molecule has 1 aliphatic rings. The van der Waals surface area contributed by atoms with Crippen LogP contribution in [0.1, 0.15) is 78.4 Å². The molecule has 1 aliphatic carbocycles. The third-order valence-corrected chi connectivity index (χ3v) is 5.49. The number of hydrogen-bond donors (Lipinski definition) is 1. The van der Waals surface area contributed by atoms with Gasteiger partial charge in [-0.05, 0) is 44.9 Å². The fourth-order valence-corrected chi connectivity index (χ4v) is 5.10. The zero-order valence-corrected chi connectivity index (χ0v) is 15.6. The van der Waals surface area contributed by atoms with E-state index in [1.807, 2.05) is 11.3 Å². The van der Waals surface area contributed by atoms with E-state index in [-0.39, 0.29) is 11.0 Å². The molecule has 0 radical (unpaired) electrons. The second-order valence-corrected chi connectivity index (χ2v) is 9.38. The van der Waals surface area contributed by atoms with Crippen molar-refractivity contribution in [2.45, 2.75) is 84.7 Å². The summed E-state index contributed by atoms with van der Waals surface area (Å²) in [5.41, 5.74) is 1.46. The Bertz CT molecular complexity index is 454. The van der Waals surface area contributed by atoms with Crippen LogP contribution in [0, 0.1) is 11.8 Å². The summed E-state index contributed by atoms with van der Waals surface area (Å²) in [7, 11) is 0. The molecule has 120 valence electrons. The first-order valence-electron chi connectivity index (χ1n) is 8.36. The molecule has 0 spiro atoms. The van der Waals surface area contributed by atoms with Crippen LogP contribution >= 0.6 is 11.3 Å². The molecule has 1 aromatic heterocycles. The van der Waals surface area contributed by atoms with Crippen molar-refractivity contribution in [3.8, 4) is 0 Å². The van der Waals surface area contributed by atoms with Gasteiger partial charge >= 0.3 is 0 Å². The first-order chi connectivity index (χ1) is 9.62. The molecule has 0 aromatic carbocycles. The van der Waals surface area contributed by atoms with Crippen LogP contribution < -0.4 is 5.32 Å². The van der Waals surface area contributed by atoms with Gasteiger partial charge in [0.15, 0.2) is 0 Å². The lowest BCUT2D eigenvalue weighted by Crippen LogP contribution is -2.50. The molecule has 0 aliphatic heterocycles. The maximum absolute atomic E-state index is 5.06. The van der Waals surface area contributed by atoms with E-state index in [4.69, 9.17) is 4.98 Å². The predicted octanol–water partition coefficient (Wildman–Crippen LogP) is 5.09. The minimum absolute atomic E-state index is 0.0828. The molecule has 1 N–H and O–H groups in total. The van der Waals surface area contributed by atoms with Crippen LogP contribution in [-0.4, -0.2) is 11.0 Å². The zero-order valence-electron chi connectivity index (χ0n) is 14.8. The number of hydrogen-bond acceptors (Lipinski definition) is 3. The van der Waals surface area contributed by atoms with Crippen molar-refractivity contribution in [2.75, 3.05) is 0 Å². The van der Waals surface area contributed by atoms with E-state index < -0.39 is 0 Å². The summed E-state index contributed by atoms with van der Waals surface area (Å²) in [5, 5.41) is 7.46. The molecule has 2 atom stereocenters. The lowest BCUT2D eigenvalue weighted by Gasteiger charge is -2.43. The van der Waals surface area contributed by atoms with Crippen molar-refractivity contribution < 1.29 is 0 Å². The fourth-order valence-electron chi connectivity index (χ4n) is 3.87. The van der Waals surface area contributed by atoms with Gasteiger partial charge < -0.3 is 5.32 Å². The highest BCUT2D eigenvalue weighted by molar-refractivity contribution is 7.09. The normalized spacial score (nSPS) is 30.9. The van der Waals surface area contributed by atoms with Crippen molar-refractivity contribution >= 4 is 11.3 Å². The Morgan fingerprint density at radius 2 is 1.81 bits per heavy atom. The number of nitrogens with one attached hydrogen (secondary N) is 1. The summed E-state index contributed by atoms with van der Waals surface area (Å²) < 4.78 is 0. The van der Waals surface area contributed by atoms with Gasteiger partial charge in [-0.2, -0.15) is 0 Å². The monoisotopic (exact) mass is 308 g/mol. The molecule has 21 heavy (non-hydrogen) atoms. The topological polar surface area (TPSA) is 24.9 Å². The van der Waals surface area contributed by atoms with E-state index >= 15 is 0 Å². The van der Waals surface area contributed by atoms with Gasteiger partial charge in [-0.1, -0.05) is 34.6 Å². The smallest absolute Gasteiger partial charge is 0.113 e. The van der Waals surface area contributed by atoms with Crippen molar-refractivity contribution in [3.63, 3.8) is 0 Å². The highest BCUT2D eigenvalue weighted by Gasteiger charge is 2.42. The molecule has 0 bridgehead atoms. The Hall–Kier alpha value is -0.410. The van der Waals surface area contributed by atoms with Crippen LogP contribution in [0.15, 0.2) is 5.38 Å². The van der Waals surface area contributed by atoms with Gasteiger partial charge in [-0.3, -0.25) is 0 Å². The van der Waals surface area contributed by atoms with Crippen LogP contribution in [0.25, 0.3) is 0 Å². The summed E-state index contributed by atoms with van der Waals surface area (Å²) in [6, 6.07) is 0.490. The van der Waals surface area contributed by atoms with E-state index in [0.29, 0.717) is 6.04 Å². The number of aromatic nitrogens is 1. The molecular formula is C18H32N2S. The molecule has 3 heteroatoms. The Morgan fingerprint density at radius 1 is 1.24 bits per heavy atom. The van der Waals surface area contributed by atoms with Gasteiger partial charge in [0, 0.05) is 16.8 Å². The highest BCUT2D eigenvalue weighted by atomic mass is 32.1. The molecule has 0 amide bonds. The summed E-state index contributed by atoms with van der Waals surface area (Å²) in [6.07, 6.45) is 3.78. The lowest BCUT2D eigenvalue weighted by atomic mass is 9.71. The van der Waals surface area contributed by atoms with Crippen LogP contribution in [0.5, 0.6) is 0 Å². The van der Waals surface area contributed by atoms with Crippen LogP contribution in [0.4, 0.5) is 0 Å². The second kappa shape index (κ2) is 6.00. The van der Waals surface area contributed by atoms with Crippen LogP contribution in [-0.2, 0) is 11.0 Å². The van der Waals surface area contributed by atoms with Gasteiger partial charge in [0.1, 0.15) is 5.01 Å². The standard InChI is InChI=1S/C18H32N2S/c1-12(2)20-18(9-13(3)8-14(4)10-18)16-19-15(11-21-16)17(5,6)7/h11-14,20H,8-10H2,1-7H3. The first-order valence-corrected chi connectivity index (χ1v) is 9.24. The molecule has 2 rings (SSSR count). The molecule has 1 fully saturated rings. The summed E-state index contributed by atoms with van der Waals surface area (Å²) in [4.78, 5) is 5.06. The fraction of sp³-hybridized carbons (Fsp3) is 0.833. The largest absolute Gasteiger partial charge is 0.303 e. The summed E-state index contributed by atoms with van der Waals surface area (Å²) in [6.45, 7) is 16.0. The molecule has 2 unspecified atom stereocenters. The Morgan fingerprint density at radius 3 is 2.24 bits per heavy atom. The number of rotatable bonds is 3.